The first-order chi connectivity index (χ1) is 20.3. The molecule has 1 amide bonds. The van der Waals surface area contributed by atoms with Gasteiger partial charge in [-0.05, 0) is 48.6 Å². The van der Waals surface area contributed by atoms with E-state index < -0.39 is 54.6 Å². The minimum absolute atomic E-state index is 0.0662. The summed E-state index contributed by atoms with van der Waals surface area (Å²) in [5.41, 5.74) is 0.824. The maximum atomic E-state index is 13.7. The normalized spacial score (nSPS) is 21.9. The highest BCUT2D eigenvalue weighted by atomic mass is 32.2. The molecule has 43 heavy (non-hydrogen) atoms. The van der Waals surface area contributed by atoms with E-state index in [4.69, 9.17) is 28.7 Å². The van der Waals surface area contributed by atoms with Gasteiger partial charge in [0.05, 0.1) is 36.2 Å². The summed E-state index contributed by atoms with van der Waals surface area (Å²) in [6, 6.07) is 13.4. The van der Waals surface area contributed by atoms with Gasteiger partial charge in [-0.25, -0.2) is 13.2 Å². The number of hydrogen-bond donors (Lipinski definition) is 4. The summed E-state index contributed by atoms with van der Waals surface area (Å²) >= 11 is 0. The zero-order valence-electron chi connectivity index (χ0n) is 24.0. The fraction of sp³-hybridized carbons (Fsp3) is 0.536. The number of aliphatic hydroxyl groups excluding tert-OH is 1. The quantitative estimate of drug-likeness (QED) is 0.222. The molecule has 2 aromatic carbocycles. The smallest absolute Gasteiger partial charge is 0.407 e. The summed E-state index contributed by atoms with van der Waals surface area (Å²) in [6.07, 6.45) is -2.86. The first kappa shape index (κ1) is 33.3. The monoisotopic (exact) mass is 642 g/mol. The number of alkyl carbamates (subject to hydrolysis) is 1. The van der Waals surface area contributed by atoms with Gasteiger partial charge in [-0.3, -0.25) is 4.57 Å². The fourth-order valence-corrected chi connectivity index (χ4v) is 6.99. The van der Waals surface area contributed by atoms with Crippen LogP contribution in [0.15, 0.2) is 59.5 Å². The number of sulfonamides is 1. The third-order valence-electron chi connectivity index (χ3n) is 7.13. The van der Waals surface area contributed by atoms with Crippen molar-refractivity contribution >= 4 is 23.7 Å². The van der Waals surface area contributed by atoms with E-state index >= 15 is 0 Å². The lowest BCUT2D eigenvalue weighted by atomic mass is 10.0. The van der Waals surface area contributed by atoms with Gasteiger partial charge in [-0.15, -0.1) is 0 Å². The minimum atomic E-state index is -4.41. The van der Waals surface area contributed by atoms with Crippen LogP contribution in [0, 0.1) is 11.8 Å². The molecule has 4 N–H and O–H groups in total. The number of aliphatic hydroxyl groups is 1. The maximum Gasteiger partial charge on any atom is 0.407 e. The zero-order chi connectivity index (χ0) is 31.2. The fourth-order valence-electron chi connectivity index (χ4n) is 5.05. The van der Waals surface area contributed by atoms with Crippen LogP contribution < -0.4 is 10.1 Å². The molecule has 2 aliphatic heterocycles. The van der Waals surface area contributed by atoms with Crippen LogP contribution in [-0.4, -0.2) is 90.9 Å². The van der Waals surface area contributed by atoms with Crippen LogP contribution in [0.2, 0.25) is 0 Å². The first-order valence-electron chi connectivity index (χ1n) is 14.0. The largest absolute Gasteiger partial charge is 0.481 e. The van der Waals surface area contributed by atoms with E-state index in [1.54, 1.807) is 0 Å². The Balaban J connectivity index is 1.49. The van der Waals surface area contributed by atoms with Gasteiger partial charge in [-0.1, -0.05) is 44.2 Å². The van der Waals surface area contributed by atoms with Crippen molar-refractivity contribution in [2.45, 2.75) is 56.1 Å². The number of ether oxygens (including phenoxy) is 4. The van der Waals surface area contributed by atoms with E-state index in [0.717, 1.165) is 9.87 Å². The van der Waals surface area contributed by atoms with Crippen LogP contribution in [0.1, 0.15) is 25.8 Å². The van der Waals surface area contributed by atoms with E-state index in [1.807, 2.05) is 44.2 Å². The van der Waals surface area contributed by atoms with Crippen molar-refractivity contribution in [3.05, 3.63) is 60.2 Å². The summed E-state index contributed by atoms with van der Waals surface area (Å²) in [6.45, 7) is 4.18. The molecule has 0 spiro atoms. The molecule has 4 rings (SSSR count). The number of carbonyl (C=O) groups is 1. The second-order valence-corrected chi connectivity index (χ2v) is 14.6. The predicted octanol–water partition coefficient (Wildman–Crippen LogP) is 2.31. The molecule has 2 fully saturated rings. The molecular weight excluding hydrogens is 603 g/mol. The molecule has 5 atom stereocenters. The van der Waals surface area contributed by atoms with Crippen LogP contribution in [-0.2, 0) is 35.2 Å². The van der Waals surface area contributed by atoms with Crippen LogP contribution >= 0.6 is 7.60 Å². The minimum Gasteiger partial charge on any atom is -0.481 e. The van der Waals surface area contributed by atoms with Gasteiger partial charge in [0.25, 0.3) is 0 Å². The Morgan fingerprint density at radius 2 is 1.79 bits per heavy atom. The van der Waals surface area contributed by atoms with Crippen molar-refractivity contribution in [3.63, 3.8) is 0 Å². The Morgan fingerprint density at radius 3 is 2.44 bits per heavy atom. The number of fused-ring (bicyclic) bond motifs is 1. The molecule has 2 heterocycles. The SMILES string of the molecule is CC(C)CN(C[C@@H](O)[C@H](Cc1ccccc1)NC(=O)O[C@H]1CO[C@H]2OCC[C@H]21)S(=O)(=O)c1ccc(OCP(=O)(O)O)cc1. The average Bonchev–Trinajstić information content (AvgIpc) is 3.56. The van der Waals surface area contributed by atoms with Crippen molar-refractivity contribution in [2.24, 2.45) is 11.8 Å². The van der Waals surface area contributed by atoms with E-state index in [2.05, 4.69) is 5.32 Å². The topological polar surface area (TPSA) is 181 Å². The summed E-state index contributed by atoms with van der Waals surface area (Å²) in [4.78, 5) is 30.9. The van der Waals surface area contributed by atoms with Gasteiger partial charge in [0.1, 0.15) is 11.9 Å². The van der Waals surface area contributed by atoms with Gasteiger partial charge in [-0.2, -0.15) is 4.31 Å². The number of carbonyl (C=O) groups excluding carboxylic acids is 1. The highest BCUT2D eigenvalue weighted by molar-refractivity contribution is 7.89. The second-order valence-electron chi connectivity index (χ2n) is 11.1. The molecule has 0 radical (unpaired) electrons. The number of nitrogens with one attached hydrogen (secondary N) is 1. The lowest BCUT2D eigenvalue weighted by Gasteiger charge is -2.31. The highest BCUT2D eigenvalue weighted by Crippen LogP contribution is 2.35. The molecule has 0 aromatic heterocycles. The number of benzene rings is 2. The van der Waals surface area contributed by atoms with E-state index in [1.165, 1.54) is 24.3 Å². The van der Waals surface area contributed by atoms with E-state index in [9.17, 15) is 22.9 Å². The molecule has 2 aliphatic rings. The molecule has 2 saturated heterocycles. The van der Waals surface area contributed by atoms with Crippen LogP contribution in [0.4, 0.5) is 4.79 Å². The predicted molar refractivity (Wildman–Crippen MR) is 155 cm³/mol. The summed E-state index contributed by atoms with van der Waals surface area (Å²) in [7, 11) is -8.53. The third-order valence-corrected chi connectivity index (χ3v) is 9.44. The second kappa shape index (κ2) is 14.5. The van der Waals surface area contributed by atoms with Crippen molar-refractivity contribution in [1.82, 2.24) is 9.62 Å². The van der Waals surface area contributed by atoms with Crippen molar-refractivity contribution in [3.8, 4) is 5.75 Å². The van der Waals surface area contributed by atoms with E-state index in [0.29, 0.717) is 13.0 Å². The zero-order valence-corrected chi connectivity index (χ0v) is 25.7. The van der Waals surface area contributed by atoms with Crippen molar-refractivity contribution < 1.29 is 51.6 Å². The standard InChI is InChI=1S/C28H39N2O11PS/c1-19(2)15-30(43(36,37)22-10-8-21(9-11-22)40-18-42(33,34)35)16-25(31)24(14-20-6-4-3-5-7-20)29-28(32)41-26-17-39-27-23(26)12-13-38-27/h3-11,19,23-27,31H,12-18H2,1-2H3,(H,29,32)(H2,33,34,35)/t23-,24-,25+,26-,27+/m0/s1. The van der Waals surface area contributed by atoms with Crippen LogP contribution in [0.5, 0.6) is 5.75 Å². The van der Waals surface area contributed by atoms with Gasteiger partial charge in [0, 0.05) is 13.1 Å². The van der Waals surface area contributed by atoms with Crippen LogP contribution in [0.25, 0.3) is 0 Å². The third kappa shape index (κ3) is 9.47. The number of nitrogens with zero attached hydrogens (tertiary/aromatic N) is 1. The van der Waals surface area contributed by atoms with E-state index in [-0.39, 0.29) is 48.6 Å². The molecule has 0 aliphatic carbocycles. The lowest BCUT2D eigenvalue weighted by Crippen LogP contribution is -2.51. The Kier molecular flexibility index (Phi) is 11.2. The average molecular weight is 643 g/mol. The summed E-state index contributed by atoms with van der Waals surface area (Å²) in [5.74, 6) is -0.0720. The number of amides is 1. The molecule has 2 aromatic rings. The summed E-state index contributed by atoms with van der Waals surface area (Å²) in [5, 5.41) is 14.1. The molecule has 13 nitrogen and oxygen atoms in total. The Morgan fingerprint density at radius 1 is 1.09 bits per heavy atom. The van der Waals surface area contributed by atoms with Crippen molar-refractivity contribution in [2.75, 3.05) is 32.7 Å². The van der Waals surface area contributed by atoms with Crippen LogP contribution in [0.3, 0.4) is 0 Å². The Hall–Kier alpha value is -2.55. The molecule has 0 bridgehead atoms. The lowest BCUT2D eigenvalue weighted by molar-refractivity contribution is -0.0907. The highest BCUT2D eigenvalue weighted by Gasteiger charge is 2.44. The molecule has 238 valence electrons. The van der Waals surface area contributed by atoms with Gasteiger partial charge >= 0.3 is 13.7 Å². The first-order valence-corrected chi connectivity index (χ1v) is 17.3. The molecule has 15 heteroatoms. The van der Waals surface area contributed by atoms with Gasteiger partial charge < -0.3 is 39.2 Å². The Labute approximate surface area is 251 Å². The van der Waals surface area contributed by atoms with Gasteiger partial charge in [0.2, 0.25) is 10.0 Å². The molecular formula is C28H39N2O11PS. The number of hydrogen-bond acceptors (Lipinski definition) is 9. The molecule has 0 unspecified atom stereocenters. The number of rotatable bonds is 14. The van der Waals surface area contributed by atoms with Gasteiger partial charge in [0.15, 0.2) is 12.6 Å². The maximum absolute atomic E-state index is 13.7. The Bertz CT molecular complexity index is 1350. The summed E-state index contributed by atoms with van der Waals surface area (Å²) < 4.78 is 61.3. The van der Waals surface area contributed by atoms with Crippen molar-refractivity contribution in [1.29, 1.82) is 0 Å². The molecule has 0 saturated carbocycles.